The first-order chi connectivity index (χ1) is 10.1. The predicted octanol–water partition coefficient (Wildman–Crippen LogP) is 5.45. The number of furan rings is 1. The van der Waals surface area contributed by atoms with Crippen molar-refractivity contribution in [2.24, 2.45) is 0 Å². The van der Waals surface area contributed by atoms with Crippen LogP contribution in [0.5, 0.6) is 0 Å². The molecule has 1 aromatic carbocycles. The monoisotopic (exact) mass is 349 g/mol. The van der Waals surface area contributed by atoms with Crippen LogP contribution in [0.3, 0.4) is 0 Å². The highest BCUT2D eigenvalue weighted by Crippen LogP contribution is 2.27. The first-order valence-electron chi connectivity index (χ1n) is 7.67. The van der Waals surface area contributed by atoms with Crippen LogP contribution in [0.2, 0.25) is 0 Å². The van der Waals surface area contributed by atoms with Gasteiger partial charge in [-0.2, -0.15) is 0 Å². The predicted molar refractivity (Wildman–Crippen MR) is 91.7 cm³/mol. The molecule has 0 fully saturated rings. The van der Waals surface area contributed by atoms with Crippen molar-refractivity contribution in [2.75, 3.05) is 6.54 Å². The Kier molecular flexibility index (Phi) is 6.07. The average Bonchev–Trinajstić information content (AvgIpc) is 2.90. The molecule has 0 aliphatic heterocycles. The average molecular weight is 350 g/mol. The van der Waals surface area contributed by atoms with E-state index in [0.717, 1.165) is 24.1 Å². The Balaban J connectivity index is 2.13. The van der Waals surface area contributed by atoms with Gasteiger partial charge in [-0.3, -0.25) is 0 Å². The molecule has 1 atom stereocenters. The van der Waals surface area contributed by atoms with Gasteiger partial charge in [-0.05, 0) is 58.4 Å². The minimum atomic E-state index is 0.281. The van der Waals surface area contributed by atoms with E-state index in [-0.39, 0.29) is 6.04 Å². The van der Waals surface area contributed by atoms with Gasteiger partial charge in [-0.15, -0.1) is 0 Å². The van der Waals surface area contributed by atoms with Crippen LogP contribution in [0, 0.1) is 0 Å². The Morgan fingerprint density at radius 3 is 2.38 bits per heavy atom. The second-order valence-corrected chi connectivity index (χ2v) is 6.48. The quantitative estimate of drug-likeness (QED) is 0.718. The Hall–Kier alpha value is -1.06. The molecule has 0 radical (unpaired) electrons. The van der Waals surface area contributed by atoms with Crippen molar-refractivity contribution in [3.05, 3.63) is 58.0 Å². The molecule has 0 saturated heterocycles. The van der Waals surface area contributed by atoms with Gasteiger partial charge in [-0.25, -0.2) is 0 Å². The summed E-state index contributed by atoms with van der Waals surface area (Å²) in [6.07, 6.45) is 3.83. The lowest BCUT2D eigenvalue weighted by atomic mass is 9.97. The Bertz CT molecular complexity index is 545. The summed E-state index contributed by atoms with van der Waals surface area (Å²) in [5.41, 5.74) is 3.93. The summed E-state index contributed by atoms with van der Waals surface area (Å²) < 4.78 is 6.22. The van der Waals surface area contributed by atoms with E-state index in [1.54, 1.807) is 6.26 Å². The van der Waals surface area contributed by atoms with Crippen molar-refractivity contribution in [3.8, 4) is 0 Å². The Morgan fingerprint density at radius 2 is 1.86 bits per heavy atom. The smallest absolute Gasteiger partial charge is 0.173 e. The van der Waals surface area contributed by atoms with E-state index in [0.29, 0.717) is 5.92 Å². The van der Waals surface area contributed by atoms with Gasteiger partial charge in [0.25, 0.3) is 0 Å². The van der Waals surface area contributed by atoms with Crippen LogP contribution in [-0.2, 0) is 6.42 Å². The molecule has 3 heteroatoms. The summed E-state index contributed by atoms with van der Waals surface area (Å²) in [7, 11) is 0. The summed E-state index contributed by atoms with van der Waals surface area (Å²) in [5, 5.41) is 3.61. The van der Waals surface area contributed by atoms with E-state index in [1.807, 2.05) is 6.07 Å². The Morgan fingerprint density at radius 1 is 1.14 bits per heavy atom. The highest BCUT2D eigenvalue weighted by atomic mass is 79.9. The van der Waals surface area contributed by atoms with E-state index in [4.69, 9.17) is 4.42 Å². The molecule has 0 spiro atoms. The molecule has 1 heterocycles. The van der Waals surface area contributed by atoms with Crippen LogP contribution in [0.4, 0.5) is 0 Å². The fourth-order valence-corrected chi connectivity index (χ4v) is 2.96. The molecule has 2 nitrogen and oxygen atoms in total. The van der Waals surface area contributed by atoms with E-state index < -0.39 is 0 Å². The van der Waals surface area contributed by atoms with Gasteiger partial charge in [0.2, 0.25) is 0 Å². The van der Waals surface area contributed by atoms with Crippen molar-refractivity contribution in [1.82, 2.24) is 5.32 Å². The maximum Gasteiger partial charge on any atom is 0.173 e. The summed E-state index contributed by atoms with van der Waals surface area (Å²) in [6.45, 7) is 7.64. The maximum absolute atomic E-state index is 5.39. The van der Waals surface area contributed by atoms with Crippen LogP contribution in [-0.4, -0.2) is 6.54 Å². The largest absolute Gasteiger partial charge is 0.457 e. The lowest BCUT2D eigenvalue weighted by Gasteiger charge is -2.18. The number of nitrogens with one attached hydrogen (secondary N) is 1. The van der Waals surface area contributed by atoms with Gasteiger partial charge in [0.1, 0.15) is 0 Å². The van der Waals surface area contributed by atoms with E-state index in [2.05, 4.69) is 66.3 Å². The first-order valence-corrected chi connectivity index (χ1v) is 8.46. The molecular formula is C18H24BrNO. The lowest BCUT2D eigenvalue weighted by molar-refractivity contribution is 0.498. The zero-order valence-electron chi connectivity index (χ0n) is 13.0. The molecule has 2 rings (SSSR count). The number of halogens is 1. The summed E-state index contributed by atoms with van der Waals surface area (Å²) in [5.74, 6) is 0.580. The Labute approximate surface area is 136 Å². The number of hydrogen-bond acceptors (Lipinski definition) is 2. The molecule has 114 valence electrons. The normalized spacial score (nSPS) is 12.8. The van der Waals surface area contributed by atoms with E-state index >= 15 is 0 Å². The van der Waals surface area contributed by atoms with Crippen LogP contribution in [0.25, 0.3) is 0 Å². The van der Waals surface area contributed by atoms with Gasteiger partial charge in [-0.1, -0.05) is 45.0 Å². The topological polar surface area (TPSA) is 25.2 Å². The van der Waals surface area contributed by atoms with Crippen molar-refractivity contribution in [2.45, 2.75) is 45.6 Å². The molecule has 0 bridgehead atoms. The zero-order valence-corrected chi connectivity index (χ0v) is 14.6. The van der Waals surface area contributed by atoms with E-state index in [1.165, 1.54) is 16.7 Å². The van der Waals surface area contributed by atoms with Crippen LogP contribution in [0.1, 0.15) is 55.8 Å². The minimum Gasteiger partial charge on any atom is -0.457 e. The molecular weight excluding hydrogens is 326 g/mol. The lowest BCUT2D eigenvalue weighted by Crippen LogP contribution is -2.24. The molecule has 0 saturated carbocycles. The number of benzene rings is 1. The minimum absolute atomic E-state index is 0.281. The standard InChI is InChI=1S/C18H24BrNO/c1-4-10-20-17(16-9-11-21-18(16)19)12-14-5-7-15(8-6-14)13(2)3/h5-9,11,13,17,20H,4,10,12H2,1-3H3. The molecule has 1 N–H and O–H groups in total. The van der Waals surface area contributed by atoms with Gasteiger partial charge in [0, 0.05) is 11.6 Å². The first kappa shape index (κ1) is 16.3. The maximum atomic E-state index is 5.39. The van der Waals surface area contributed by atoms with Crippen LogP contribution < -0.4 is 5.32 Å². The molecule has 0 aliphatic carbocycles. The number of hydrogen-bond donors (Lipinski definition) is 1. The highest BCUT2D eigenvalue weighted by molar-refractivity contribution is 9.10. The summed E-state index contributed by atoms with van der Waals surface area (Å²) in [4.78, 5) is 0. The second kappa shape index (κ2) is 7.81. The molecule has 1 aromatic heterocycles. The van der Waals surface area contributed by atoms with Crippen molar-refractivity contribution in [3.63, 3.8) is 0 Å². The van der Waals surface area contributed by atoms with Gasteiger partial charge in [0.15, 0.2) is 4.67 Å². The van der Waals surface area contributed by atoms with Crippen molar-refractivity contribution >= 4 is 15.9 Å². The van der Waals surface area contributed by atoms with Crippen molar-refractivity contribution in [1.29, 1.82) is 0 Å². The third-order valence-electron chi connectivity index (χ3n) is 3.75. The fraction of sp³-hybridized carbons (Fsp3) is 0.444. The summed E-state index contributed by atoms with van der Waals surface area (Å²) >= 11 is 3.50. The van der Waals surface area contributed by atoms with E-state index in [9.17, 15) is 0 Å². The third-order valence-corrected chi connectivity index (χ3v) is 4.39. The molecule has 2 aromatic rings. The fourth-order valence-electron chi connectivity index (χ4n) is 2.44. The van der Waals surface area contributed by atoms with Gasteiger partial charge < -0.3 is 9.73 Å². The molecule has 0 amide bonds. The van der Waals surface area contributed by atoms with Crippen LogP contribution >= 0.6 is 15.9 Å². The summed E-state index contributed by atoms with van der Waals surface area (Å²) in [6, 6.07) is 11.3. The van der Waals surface area contributed by atoms with Gasteiger partial charge in [0.05, 0.1) is 6.26 Å². The molecule has 0 aliphatic rings. The van der Waals surface area contributed by atoms with Crippen LogP contribution in [0.15, 0.2) is 45.7 Å². The highest BCUT2D eigenvalue weighted by Gasteiger charge is 2.16. The zero-order chi connectivity index (χ0) is 15.2. The third kappa shape index (κ3) is 4.45. The SMILES string of the molecule is CCCNC(Cc1ccc(C(C)C)cc1)c1ccoc1Br. The molecule has 21 heavy (non-hydrogen) atoms. The van der Waals surface area contributed by atoms with Gasteiger partial charge >= 0.3 is 0 Å². The number of rotatable bonds is 7. The second-order valence-electron chi connectivity index (χ2n) is 5.76. The molecule has 1 unspecified atom stereocenters. The van der Waals surface area contributed by atoms with Crippen molar-refractivity contribution < 1.29 is 4.42 Å².